The zero-order valence-corrected chi connectivity index (χ0v) is 11.4. The number of furan rings is 1. The third-order valence-electron chi connectivity index (χ3n) is 2.83. The molecule has 1 aromatic heterocycles. The van der Waals surface area contributed by atoms with Crippen LogP contribution in [0.15, 0.2) is 41.0 Å². The van der Waals surface area contributed by atoms with E-state index in [1.54, 1.807) is 18.2 Å². The highest BCUT2D eigenvalue weighted by molar-refractivity contribution is 5.95. The molecule has 0 saturated heterocycles. The number of carbonyl (C=O) groups is 1. The van der Waals surface area contributed by atoms with Gasteiger partial charge in [-0.15, -0.1) is 0 Å². The summed E-state index contributed by atoms with van der Waals surface area (Å²) in [7, 11) is 0. The molecule has 0 saturated carbocycles. The number of amides is 1. The lowest BCUT2D eigenvalue weighted by molar-refractivity contribution is 0.0945. The molecule has 5 heteroatoms. The van der Waals surface area contributed by atoms with E-state index in [9.17, 15) is 4.79 Å². The summed E-state index contributed by atoms with van der Waals surface area (Å²) in [5.41, 5.74) is 6.88. The molecule has 0 spiro atoms. The minimum Gasteiger partial charge on any atom is -0.492 e. The van der Waals surface area contributed by atoms with Crippen molar-refractivity contribution >= 4 is 11.6 Å². The molecule has 1 heterocycles. The number of nitrogens with one attached hydrogen (secondary N) is 1. The van der Waals surface area contributed by atoms with Gasteiger partial charge in [0.15, 0.2) is 0 Å². The van der Waals surface area contributed by atoms with Gasteiger partial charge in [-0.2, -0.15) is 0 Å². The van der Waals surface area contributed by atoms with E-state index in [1.807, 2.05) is 19.1 Å². The van der Waals surface area contributed by atoms with Crippen molar-refractivity contribution in [3.05, 3.63) is 47.9 Å². The highest BCUT2D eigenvalue weighted by atomic mass is 16.5. The predicted octanol–water partition coefficient (Wildman–Crippen LogP) is 2.23. The van der Waals surface area contributed by atoms with Crippen molar-refractivity contribution in [2.75, 3.05) is 18.9 Å². The minimum absolute atomic E-state index is 0.147. The van der Waals surface area contributed by atoms with Gasteiger partial charge in [0, 0.05) is 18.2 Å². The Morgan fingerprint density at radius 3 is 3.00 bits per heavy atom. The number of carbonyl (C=O) groups excluding carboxylic acids is 1. The standard InChI is InChI=1S/C15H18N2O3/c1-2-14-13(6-8-20-14)15(18)17-7-9-19-12-5-3-4-11(16)10-12/h3-6,8,10H,2,7,9,16H2,1H3,(H,17,18). The van der Waals surface area contributed by atoms with Crippen molar-refractivity contribution in [1.29, 1.82) is 0 Å². The number of ether oxygens (including phenoxy) is 1. The summed E-state index contributed by atoms with van der Waals surface area (Å²) in [5, 5.41) is 2.79. The van der Waals surface area contributed by atoms with Crippen LogP contribution in [-0.4, -0.2) is 19.1 Å². The summed E-state index contributed by atoms with van der Waals surface area (Å²) in [6, 6.07) is 8.85. The zero-order valence-electron chi connectivity index (χ0n) is 11.4. The second-order valence-electron chi connectivity index (χ2n) is 4.29. The van der Waals surface area contributed by atoms with Crippen molar-refractivity contribution in [2.45, 2.75) is 13.3 Å². The first-order valence-electron chi connectivity index (χ1n) is 6.53. The SMILES string of the molecule is CCc1occc1C(=O)NCCOc1cccc(N)c1. The minimum atomic E-state index is -0.147. The van der Waals surface area contributed by atoms with Gasteiger partial charge in [-0.05, 0) is 18.2 Å². The molecule has 1 aromatic carbocycles. The summed E-state index contributed by atoms with van der Waals surface area (Å²) in [4.78, 5) is 11.9. The van der Waals surface area contributed by atoms with Crippen LogP contribution in [-0.2, 0) is 6.42 Å². The quantitative estimate of drug-likeness (QED) is 0.625. The number of benzene rings is 1. The highest BCUT2D eigenvalue weighted by Crippen LogP contribution is 2.14. The first-order chi connectivity index (χ1) is 9.70. The molecular weight excluding hydrogens is 256 g/mol. The molecular formula is C15H18N2O3. The van der Waals surface area contributed by atoms with E-state index in [1.165, 1.54) is 6.26 Å². The lowest BCUT2D eigenvalue weighted by atomic mass is 10.2. The summed E-state index contributed by atoms with van der Waals surface area (Å²) >= 11 is 0. The van der Waals surface area contributed by atoms with E-state index >= 15 is 0 Å². The fourth-order valence-electron chi connectivity index (χ4n) is 1.85. The average molecular weight is 274 g/mol. The Hall–Kier alpha value is -2.43. The third kappa shape index (κ3) is 3.54. The molecule has 0 aliphatic carbocycles. The zero-order chi connectivity index (χ0) is 14.4. The molecule has 3 N–H and O–H groups in total. The molecule has 0 atom stereocenters. The Bertz CT molecular complexity index is 578. The summed E-state index contributed by atoms with van der Waals surface area (Å²) < 4.78 is 10.7. The maximum Gasteiger partial charge on any atom is 0.254 e. The second kappa shape index (κ2) is 6.65. The molecule has 1 amide bonds. The van der Waals surface area contributed by atoms with Crippen LogP contribution in [0.2, 0.25) is 0 Å². The maximum atomic E-state index is 11.9. The molecule has 0 aliphatic rings. The van der Waals surface area contributed by atoms with Crippen molar-refractivity contribution in [3.8, 4) is 5.75 Å². The van der Waals surface area contributed by atoms with Gasteiger partial charge in [0.05, 0.1) is 18.4 Å². The summed E-state index contributed by atoms with van der Waals surface area (Å²) in [5.74, 6) is 1.24. The number of nitrogen functional groups attached to an aromatic ring is 1. The molecule has 106 valence electrons. The largest absolute Gasteiger partial charge is 0.492 e. The first kappa shape index (κ1) is 14.0. The Balaban J connectivity index is 1.77. The van der Waals surface area contributed by atoms with Gasteiger partial charge in [-0.1, -0.05) is 13.0 Å². The van der Waals surface area contributed by atoms with E-state index in [0.717, 1.165) is 0 Å². The number of hydrogen-bond acceptors (Lipinski definition) is 4. The summed E-state index contributed by atoms with van der Waals surface area (Å²) in [6.07, 6.45) is 2.21. The average Bonchev–Trinajstić information content (AvgIpc) is 2.92. The van der Waals surface area contributed by atoms with Gasteiger partial charge in [0.2, 0.25) is 0 Å². The van der Waals surface area contributed by atoms with Gasteiger partial charge in [-0.3, -0.25) is 4.79 Å². The maximum absolute atomic E-state index is 11.9. The van der Waals surface area contributed by atoms with E-state index in [-0.39, 0.29) is 5.91 Å². The van der Waals surface area contributed by atoms with Gasteiger partial charge in [0.1, 0.15) is 18.1 Å². The molecule has 2 aromatic rings. The van der Waals surface area contributed by atoms with Gasteiger partial charge < -0.3 is 20.2 Å². The molecule has 0 fully saturated rings. The normalized spacial score (nSPS) is 10.2. The van der Waals surface area contributed by atoms with Crippen LogP contribution in [0.4, 0.5) is 5.69 Å². The van der Waals surface area contributed by atoms with E-state index in [2.05, 4.69) is 5.32 Å². The van der Waals surface area contributed by atoms with Gasteiger partial charge >= 0.3 is 0 Å². The predicted molar refractivity (Wildman–Crippen MR) is 76.8 cm³/mol. The number of hydrogen-bond donors (Lipinski definition) is 2. The monoisotopic (exact) mass is 274 g/mol. The Morgan fingerprint density at radius 1 is 1.40 bits per heavy atom. The third-order valence-corrected chi connectivity index (χ3v) is 2.83. The topological polar surface area (TPSA) is 77.5 Å². The number of nitrogens with two attached hydrogens (primary N) is 1. The molecule has 0 aliphatic heterocycles. The van der Waals surface area contributed by atoms with Crippen LogP contribution >= 0.6 is 0 Å². The van der Waals surface area contributed by atoms with Crippen LogP contribution in [0.3, 0.4) is 0 Å². The first-order valence-corrected chi connectivity index (χ1v) is 6.53. The van der Waals surface area contributed by atoms with Crippen LogP contribution in [0.5, 0.6) is 5.75 Å². The smallest absolute Gasteiger partial charge is 0.254 e. The molecule has 0 bridgehead atoms. The van der Waals surface area contributed by atoms with Crippen molar-refractivity contribution in [1.82, 2.24) is 5.32 Å². The van der Waals surface area contributed by atoms with Crippen LogP contribution in [0.1, 0.15) is 23.0 Å². The van der Waals surface area contributed by atoms with Crippen molar-refractivity contribution < 1.29 is 13.9 Å². The Morgan fingerprint density at radius 2 is 2.25 bits per heavy atom. The van der Waals surface area contributed by atoms with Crippen LogP contribution in [0.25, 0.3) is 0 Å². The molecule has 20 heavy (non-hydrogen) atoms. The number of rotatable bonds is 6. The molecule has 2 rings (SSSR count). The van der Waals surface area contributed by atoms with E-state index in [4.69, 9.17) is 14.9 Å². The lowest BCUT2D eigenvalue weighted by Gasteiger charge is -2.08. The van der Waals surface area contributed by atoms with Crippen LogP contribution < -0.4 is 15.8 Å². The Labute approximate surface area is 117 Å². The lowest BCUT2D eigenvalue weighted by Crippen LogP contribution is -2.28. The summed E-state index contributed by atoms with van der Waals surface area (Å²) in [6.45, 7) is 2.75. The van der Waals surface area contributed by atoms with E-state index < -0.39 is 0 Å². The van der Waals surface area contributed by atoms with Crippen molar-refractivity contribution in [2.24, 2.45) is 0 Å². The van der Waals surface area contributed by atoms with Gasteiger partial charge in [0.25, 0.3) is 5.91 Å². The Kier molecular flexibility index (Phi) is 4.65. The second-order valence-corrected chi connectivity index (χ2v) is 4.29. The molecule has 0 unspecified atom stereocenters. The van der Waals surface area contributed by atoms with E-state index in [0.29, 0.717) is 42.3 Å². The van der Waals surface area contributed by atoms with Crippen LogP contribution in [0, 0.1) is 0 Å². The number of anilines is 1. The number of aryl methyl sites for hydroxylation is 1. The molecule has 5 nitrogen and oxygen atoms in total. The molecule has 0 radical (unpaired) electrons. The van der Waals surface area contributed by atoms with Gasteiger partial charge in [-0.25, -0.2) is 0 Å². The highest BCUT2D eigenvalue weighted by Gasteiger charge is 2.12. The fraction of sp³-hybridized carbons (Fsp3) is 0.267. The fourth-order valence-corrected chi connectivity index (χ4v) is 1.85. The van der Waals surface area contributed by atoms with Crippen molar-refractivity contribution in [3.63, 3.8) is 0 Å².